The summed E-state index contributed by atoms with van der Waals surface area (Å²) in [6, 6.07) is 8.07. The van der Waals surface area contributed by atoms with Crippen molar-refractivity contribution in [3.8, 4) is 18.1 Å². The van der Waals surface area contributed by atoms with E-state index in [2.05, 4.69) is 8.92 Å². The zero-order chi connectivity index (χ0) is 13.4. The molecule has 0 spiro atoms. The molecule has 1 aromatic carbocycles. The number of rotatable bonds is 5. The number of benzene rings is 1. The molecule has 0 aliphatic carbocycles. The quantitative estimate of drug-likeness (QED) is 0.345. The van der Waals surface area contributed by atoms with E-state index in [0.29, 0.717) is 0 Å². The maximum Gasteiger partial charge on any atom is 0.514 e. The van der Waals surface area contributed by atoms with Crippen molar-refractivity contribution in [2.45, 2.75) is 0 Å². The van der Waals surface area contributed by atoms with Gasteiger partial charge in [0.2, 0.25) is 5.94 Å². The van der Waals surface area contributed by atoms with E-state index in [1.165, 1.54) is 12.1 Å². The SMILES string of the molecule is C#CCOS(=O)(=O)COC(=O)Oc1ccccc1. The molecule has 0 saturated heterocycles. The molecule has 0 radical (unpaired) electrons. The van der Waals surface area contributed by atoms with Gasteiger partial charge in [-0.3, -0.25) is 4.18 Å². The summed E-state index contributed by atoms with van der Waals surface area (Å²) in [7, 11) is -4.00. The smallest absolute Gasteiger partial charge is 0.415 e. The van der Waals surface area contributed by atoms with Gasteiger partial charge in [0, 0.05) is 0 Å². The van der Waals surface area contributed by atoms with E-state index in [-0.39, 0.29) is 5.75 Å². The predicted octanol–water partition coefficient (Wildman–Crippen LogP) is 1.14. The standard InChI is InChI=1S/C11H10O6S/c1-2-8-16-18(13,14)9-15-11(12)17-10-6-4-3-5-7-10/h1,3-7H,8-9H2. The second-order valence-electron chi connectivity index (χ2n) is 2.95. The Kier molecular flexibility index (Phi) is 5.17. The van der Waals surface area contributed by atoms with E-state index in [1.54, 1.807) is 18.2 Å². The van der Waals surface area contributed by atoms with Gasteiger partial charge in [-0.25, -0.2) is 4.79 Å². The summed E-state index contributed by atoms with van der Waals surface area (Å²) >= 11 is 0. The van der Waals surface area contributed by atoms with Gasteiger partial charge in [-0.2, -0.15) is 8.42 Å². The Morgan fingerprint density at radius 3 is 2.56 bits per heavy atom. The van der Waals surface area contributed by atoms with Crippen molar-refractivity contribution >= 4 is 16.3 Å². The summed E-state index contributed by atoms with van der Waals surface area (Å²) < 4.78 is 35.5. The highest BCUT2D eigenvalue weighted by Crippen LogP contribution is 2.09. The number of hydrogen-bond acceptors (Lipinski definition) is 6. The fourth-order valence-electron chi connectivity index (χ4n) is 0.892. The van der Waals surface area contributed by atoms with Crippen molar-refractivity contribution in [3.63, 3.8) is 0 Å². The summed E-state index contributed by atoms with van der Waals surface area (Å²) in [4.78, 5) is 11.1. The molecule has 96 valence electrons. The highest BCUT2D eigenvalue weighted by molar-refractivity contribution is 7.86. The van der Waals surface area contributed by atoms with E-state index in [1.807, 2.05) is 5.92 Å². The highest BCUT2D eigenvalue weighted by Gasteiger charge is 2.15. The molecule has 7 heteroatoms. The Morgan fingerprint density at radius 2 is 1.94 bits per heavy atom. The van der Waals surface area contributed by atoms with Crippen LogP contribution in [0.5, 0.6) is 5.75 Å². The molecule has 0 heterocycles. The zero-order valence-electron chi connectivity index (χ0n) is 9.24. The lowest BCUT2D eigenvalue weighted by atomic mass is 10.3. The van der Waals surface area contributed by atoms with Crippen LogP contribution in [-0.2, 0) is 19.0 Å². The molecule has 18 heavy (non-hydrogen) atoms. The van der Waals surface area contributed by atoms with E-state index in [4.69, 9.17) is 11.2 Å². The Balaban J connectivity index is 2.40. The van der Waals surface area contributed by atoms with Crippen LogP contribution >= 0.6 is 0 Å². The number of carbonyl (C=O) groups excluding carboxylic acids is 1. The van der Waals surface area contributed by atoms with Gasteiger partial charge in [0.1, 0.15) is 12.4 Å². The number of terminal acetylenes is 1. The van der Waals surface area contributed by atoms with Crippen LogP contribution in [0, 0.1) is 12.3 Å². The first-order chi connectivity index (χ1) is 8.53. The molecule has 1 aromatic rings. The number of ether oxygens (including phenoxy) is 2. The average Bonchev–Trinajstić information content (AvgIpc) is 2.36. The average molecular weight is 270 g/mol. The lowest BCUT2D eigenvalue weighted by molar-refractivity contribution is 0.112. The minimum Gasteiger partial charge on any atom is -0.415 e. The maximum absolute atomic E-state index is 11.1. The molecule has 0 N–H and O–H groups in total. The van der Waals surface area contributed by atoms with Gasteiger partial charge in [0.05, 0.1) is 0 Å². The fraction of sp³-hybridized carbons (Fsp3) is 0.182. The van der Waals surface area contributed by atoms with Crippen LogP contribution in [0.1, 0.15) is 0 Å². The summed E-state index contributed by atoms with van der Waals surface area (Å²) in [5.41, 5.74) is 0. The van der Waals surface area contributed by atoms with Gasteiger partial charge in [0.15, 0.2) is 0 Å². The van der Waals surface area contributed by atoms with E-state index < -0.39 is 28.8 Å². The largest absolute Gasteiger partial charge is 0.514 e. The molecule has 1 rings (SSSR count). The van der Waals surface area contributed by atoms with Gasteiger partial charge in [-0.15, -0.1) is 6.42 Å². The van der Waals surface area contributed by atoms with E-state index in [0.717, 1.165) is 0 Å². The Bertz CT molecular complexity index is 528. The first kappa shape index (κ1) is 14.0. The molecule has 0 aliphatic heterocycles. The second kappa shape index (κ2) is 6.64. The first-order valence-electron chi connectivity index (χ1n) is 4.74. The molecule has 0 amide bonds. The van der Waals surface area contributed by atoms with E-state index >= 15 is 0 Å². The molecule has 0 saturated carbocycles. The van der Waals surface area contributed by atoms with Gasteiger partial charge in [0.25, 0.3) is 0 Å². The first-order valence-corrected chi connectivity index (χ1v) is 6.31. The molecule has 0 atom stereocenters. The topological polar surface area (TPSA) is 78.9 Å². The minimum absolute atomic E-state index is 0.240. The Hall–Kier alpha value is -2.04. The zero-order valence-corrected chi connectivity index (χ0v) is 10.1. The second-order valence-corrected chi connectivity index (χ2v) is 4.54. The summed E-state index contributed by atoms with van der Waals surface area (Å²) in [5.74, 6) is 1.26. The van der Waals surface area contributed by atoms with Gasteiger partial charge in [-0.1, -0.05) is 24.1 Å². The monoisotopic (exact) mass is 270 g/mol. The maximum atomic E-state index is 11.1. The van der Waals surface area contributed by atoms with Gasteiger partial charge in [-0.05, 0) is 12.1 Å². The van der Waals surface area contributed by atoms with Crippen LogP contribution in [0.15, 0.2) is 30.3 Å². The van der Waals surface area contributed by atoms with Crippen LogP contribution in [0.4, 0.5) is 4.79 Å². The van der Waals surface area contributed by atoms with Gasteiger partial charge >= 0.3 is 16.3 Å². The molecule has 6 nitrogen and oxygen atoms in total. The van der Waals surface area contributed by atoms with Crippen molar-refractivity contribution < 1.29 is 26.9 Å². The van der Waals surface area contributed by atoms with E-state index in [9.17, 15) is 13.2 Å². The Labute approximate surface area is 105 Å². The third-order valence-corrected chi connectivity index (χ3v) is 2.47. The number of para-hydroxylation sites is 1. The van der Waals surface area contributed by atoms with Crippen molar-refractivity contribution in [3.05, 3.63) is 30.3 Å². The van der Waals surface area contributed by atoms with Crippen LogP contribution in [0.3, 0.4) is 0 Å². The normalized spacial score (nSPS) is 10.4. The molecule has 0 aromatic heterocycles. The molecule has 0 bridgehead atoms. The van der Waals surface area contributed by atoms with Crippen molar-refractivity contribution in [1.29, 1.82) is 0 Å². The number of hydrogen-bond donors (Lipinski definition) is 0. The predicted molar refractivity (Wildman–Crippen MR) is 62.1 cm³/mol. The van der Waals surface area contributed by atoms with Crippen molar-refractivity contribution in [1.82, 2.24) is 0 Å². The third-order valence-electron chi connectivity index (χ3n) is 1.59. The van der Waals surface area contributed by atoms with Crippen LogP contribution in [0.25, 0.3) is 0 Å². The number of carbonyl (C=O) groups is 1. The lowest BCUT2D eigenvalue weighted by Gasteiger charge is -2.05. The molecule has 0 unspecified atom stereocenters. The Morgan fingerprint density at radius 1 is 1.28 bits per heavy atom. The summed E-state index contributed by atoms with van der Waals surface area (Å²) in [5, 5.41) is 0. The summed E-state index contributed by atoms with van der Waals surface area (Å²) in [6.45, 7) is -0.417. The van der Waals surface area contributed by atoms with Gasteiger partial charge < -0.3 is 9.47 Å². The van der Waals surface area contributed by atoms with Crippen molar-refractivity contribution in [2.24, 2.45) is 0 Å². The molecule has 0 fully saturated rings. The summed E-state index contributed by atoms with van der Waals surface area (Å²) in [6.07, 6.45) is 3.68. The molecular weight excluding hydrogens is 260 g/mol. The highest BCUT2D eigenvalue weighted by atomic mass is 32.2. The lowest BCUT2D eigenvalue weighted by Crippen LogP contribution is -2.19. The molecular formula is C11H10O6S. The van der Waals surface area contributed by atoms with Crippen LogP contribution in [-0.4, -0.2) is 27.1 Å². The minimum atomic E-state index is -4.00. The van der Waals surface area contributed by atoms with Crippen molar-refractivity contribution in [2.75, 3.05) is 12.5 Å². The third kappa shape index (κ3) is 5.34. The van der Waals surface area contributed by atoms with Crippen LogP contribution in [0.2, 0.25) is 0 Å². The molecule has 0 aliphatic rings. The van der Waals surface area contributed by atoms with Crippen LogP contribution < -0.4 is 4.74 Å². The fourth-order valence-corrected chi connectivity index (χ4v) is 1.45.